The molecule has 1 saturated carbocycles. The lowest BCUT2D eigenvalue weighted by molar-refractivity contribution is -0.117. The van der Waals surface area contributed by atoms with Crippen molar-refractivity contribution in [2.45, 2.75) is 52.0 Å². The molecule has 1 N–H and O–H groups in total. The van der Waals surface area contributed by atoms with Crippen molar-refractivity contribution in [1.82, 2.24) is 0 Å². The minimum Gasteiger partial charge on any atom is -0.381 e. The Kier molecular flexibility index (Phi) is 4.18. The molecule has 0 spiro atoms. The van der Waals surface area contributed by atoms with Gasteiger partial charge in [0.25, 0.3) is 0 Å². The highest BCUT2D eigenvalue weighted by Crippen LogP contribution is 2.34. The van der Waals surface area contributed by atoms with E-state index in [2.05, 4.69) is 37.4 Å². The Bertz CT molecular complexity index is 504. The van der Waals surface area contributed by atoms with Gasteiger partial charge in [0.15, 0.2) is 0 Å². The summed E-state index contributed by atoms with van der Waals surface area (Å²) in [6.07, 6.45) is 5.46. The lowest BCUT2D eigenvalue weighted by Crippen LogP contribution is -2.31. The largest absolute Gasteiger partial charge is 0.381 e. The van der Waals surface area contributed by atoms with Crippen molar-refractivity contribution in [2.75, 3.05) is 16.8 Å². The van der Waals surface area contributed by atoms with Crippen molar-refractivity contribution in [2.24, 2.45) is 11.8 Å². The van der Waals surface area contributed by atoms with E-state index in [9.17, 15) is 4.79 Å². The second-order valence-electron chi connectivity index (χ2n) is 6.92. The van der Waals surface area contributed by atoms with Gasteiger partial charge in [-0.15, -0.1) is 0 Å². The molecule has 3 rings (SSSR count). The van der Waals surface area contributed by atoms with Gasteiger partial charge in [-0.05, 0) is 49.7 Å². The number of hydrogen-bond acceptors (Lipinski definition) is 2. The van der Waals surface area contributed by atoms with Crippen LogP contribution in [0.5, 0.6) is 0 Å². The Balaban J connectivity index is 1.77. The number of carbonyl (C=O) groups is 1. The van der Waals surface area contributed by atoms with E-state index < -0.39 is 0 Å². The fraction of sp³-hybridized carbons (Fsp3) is 0.611. The molecule has 3 nitrogen and oxygen atoms in total. The van der Waals surface area contributed by atoms with Crippen molar-refractivity contribution in [3.05, 3.63) is 24.3 Å². The van der Waals surface area contributed by atoms with Crippen LogP contribution < -0.4 is 10.2 Å². The number of carbonyl (C=O) groups excluding carboxylic acids is 1. The zero-order chi connectivity index (χ0) is 14.8. The maximum Gasteiger partial charge on any atom is 0.227 e. The van der Waals surface area contributed by atoms with E-state index in [-0.39, 0.29) is 5.91 Å². The number of nitrogens with zero attached hydrogens (tertiary/aromatic N) is 1. The van der Waals surface area contributed by atoms with Gasteiger partial charge in [0.1, 0.15) is 0 Å². The van der Waals surface area contributed by atoms with Gasteiger partial charge in [0.2, 0.25) is 5.91 Å². The molecule has 0 aromatic heterocycles. The quantitative estimate of drug-likeness (QED) is 0.909. The van der Waals surface area contributed by atoms with E-state index in [0.717, 1.165) is 36.2 Å². The summed E-state index contributed by atoms with van der Waals surface area (Å²) < 4.78 is 0. The lowest BCUT2D eigenvalue weighted by Gasteiger charge is -2.33. The molecule has 21 heavy (non-hydrogen) atoms. The van der Waals surface area contributed by atoms with E-state index in [1.807, 2.05) is 11.0 Å². The Morgan fingerprint density at radius 3 is 2.48 bits per heavy atom. The minimum atomic E-state index is 0.259. The van der Waals surface area contributed by atoms with Crippen LogP contribution in [-0.4, -0.2) is 18.5 Å². The van der Waals surface area contributed by atoms with E-state index in [1.54, 1.807) is 0 Å². The van der Waals surface area contributed by atoms with Crippen molar-refractivity contribution >= 4 is 17.3 Å². The van der Waals surface area contributed by atoms with Gasteiger partial charge >= 0.3 is 0 Å². The molecule has 114 valence electrons. The molecule has 2 unspecified atom stereocenters. The predicted octanol–water partition coefficient (Wildman–Crippen LogP) is 4.05. The van der Waals surface area contributed by atoms with Gasteiger partial charge in [-0.1, -0.05) is 26.0 Å². The SMILES string of the molecule is CC1CC(C)CC(Nc2ccccc2N2CCCC2=O)C1. The summed E-state index contributed by atoms with van der Waals surface area (Å²) in [5.41, 5.74) is 2.19. The molecule has 0 bridgehead atoms. The van der Waals surface area contributed by atoms with Gasteiger partial charge in [-0.2, -0.15) is 0 Å². The number of nitrogens with one attached hydrogen (secondary N) is 1. The fourth-order valence-corrected chi connectivity index (χ4v) is 4.02. The summed E-state index contributed by atoms with van der Waals surface area (Å²) in [4.78, 5) is 14.0. The normalized spacial score (nSPS) is 29.7. The minimum absolute atomic E-state index is 0.259. The molecule has 1 aliphatic carbocycles. The standard InChI is InChI=1S/C18H26N2O/c1-13-10-14(2)12-15(11-13)19-16-6-3-4-7-17(16)20-9-5-8-18(20)21/h3-4,6-7,13-15,19H,5,8-12H2,1-2H3. The van der Waals surface area contributed by atoms with Gasteiger partial charge in [0, 0.05) is 19.0 Å². The third-order valence-corrected chi connectivity index (χ3v) is 4.81. The first-order valence-corrected chi connectivity index (χ1v) is 8.29. The summed E-state index contributed by atoms with van der Waals surface area (Å²) in [6.45, 7) is 5.55. The monoisotopic (exact) mass is 286 g/mol. The third kappa shape index (κ3) is 3.22. The highest BCUT2D eigenvalue weighted by Gasteiger charge is 2.27. The number of rotatable bonds is 3. The average molecular weight is 286 g/mol. The summed E-state index contributed by atoms with van der Waals surface area (Å²) >= 11 is 0. The number of hydrogen-bond donors (Lipinski definition) is 1. The molecule has 1 amide bonds. The second-order valence-corrected chi connectivity index (χ2v) is 6.92. The first-order valence-electron chi connectivity index (χ1n) is 8.29. The number of anilines is 2. The molecule has 2 atom stereocenters. The van der Waals surface area contributed by atoms with E-state index in [0.29, 0.717) is 12.5 Å². The van der Waals surface area contributed by atoms with Crippen LogP contribution in [0.1, 0.15) is 46.0 Å². The molecular weight excluding hydrogens is 260 g/mol. The molecular formula is C18H26N2O. The van der Waals surface area contributed by atoms with E-state index in [4.69, 9.17) is 0 Å². The van der Waals surface area contributed by atoms with Crippen LogP contribution >= 0.6 is 0 Å². The predicted molar refractivity (Wildman–Crippen MR) is 87.6 cm³/mol. The topological polar surface area (TPSA) is 32.3 Å². The second kappa shape index (κ2) is 6.08. The number of benzene rings is 1. The zero-order valence-electron chi connectivity index (χ0n) is 13.1. The summed E-state index contributed by atoms with van der Waals surface area (Å²) in [5, 5.41) is 3.71. The maximum atomic E-state index is 12.0. The molecule has 1 aromatic rings. The summed E-state index contributed by atoms with van der Waals surface area (Å²) in [5.74, 6) is 1.83. The third-order valence-electron chi connectivity index (χ3n) is 4.81. The molecule has 0 radical (unpaired) electrons. The van der Waals surface area contributed by atoms with Gasteiger partial charge in [0.05, 0.1) is 11.4 Å². The van der Waals surface area contributed by atoms with Crippen LogP contribution in [0.25, 0.3) is 0 Å². The van der Waals surface area contributed by atoms with Crippen molar-refractivity contribution in [3.63, 3.8) is 0 Å². The molecule has 2 aliphatic rings. The van der Waals surface area contributed by atoms with E-state index in [1.165, 1.54) is 19.3 Å². The smallest absolute Gasteiger partial charge is 0.227 e. The molecule has 3 heteroatoms. The fourth-order valence-electron chi connectivity index (χ4n) is 4.02. The number of para-hydroxylation sites is 2. The summed E-state index contributed by atoms with van der Waals surface area (Å²) in [7, 11) is 0. The highest BCUT2D eigenvalue weighted by molar-refractivity contribution is 5.98. The molecule has 2 fully saturated rings. The van der Waals surface area contributed by atoms with Gasteiger partial charge < -0.3 is 10.2 Å². The van der Waals surface area contributed by atoms with Gasteiger partial charge in [-0.25, -0.2) is 0 Å². The molecule has 1 heterocycles. The van der Waals surface area contributed by atoms with Crippen molar-refractivity contribution in [1.29, 1.82) is 0 Å². The zero-order valence-corrected chi connectivity index (χ0v) is 13.1. The molecule has 1 aliphatic heterocycles. The van der Waals surface area contributed by atoms with Crippen LogP contribution in [0.2, 0.25) is 0 Å². The van der Waals surface area contributed by atoms with Crippen LogP contribution in [0, 0.1) is 11.8 Å². The lowest BCUT2D eigenvalue weighted by atomic mass is 9.80. The Morgan fingerprint density at radius 1 is 1.10 bits per heavy atom. The number of amides is 1. The maximum absolute atomic E-state index is 12.0. The highest BCUT2D eigenvalue weighted by atomic mass is 16.2. The molecule has 1 aromatic carbocycles. The first kappa shape index (κ1) is 14.4. The average Bonchev–Trinajstić information content (AvgIpc) is 2.84. The first-order chi connectivity index (χ1) is 10.1. The van der Waals surface area contributed by atoms with Crippen LogP contribution in [0.3, 0.4) is 0 Å². The van der Waals surface area contributed by atoms with Crippen molar-refractivity contribution in [3.8, 4) is 0 Å². The van der Waals surface area contributed by atoms with Crippen LogP contribution in [-0.2, 0) is 4.79 Å². The van der Waals surface area contributed by atoms with Crippen LogP contribution in [0.4, 0.5) is 11.4 Å². The van der Waals surface area contributed by atoms with Crippen LogP contribution in [0.15, 0.2) is 24.3 Å². The van der Waals surface area contributed by atoms with Crippen molar-refractivity contribution < 1.29 is 4.79 Å². The Hall–Kier alpha value is -1.51. The van der Waals surface area contributed by atoms with E-state index >= 15 is 0 Å². The Labute approximate surface area is 127 Å². The Morgan fingerprint density at radius 2 is 1.81 bits per heavy atom. The van der Waals surface area contributed by atoms with Gasteiger partial charge in [-0.3, -0.25) is 4.79 Å². The summed E-state index contributed by atoms with van der Waals surface area (Å²) in [6, 6.07) is 8.80. The molecule has 1 saturated heterocycles.